The van der Waals surface area contributed by atoms with E-state index in [4.69, 9.17) is 0 Å². The third-order valence-electron chi connectivity index (χ3n) is 3.32. The monoisotopic (exact) mass is 317 g/mol. The van der Waals surface area contributed by atoms with Crippen molar-refractivity contribution in [2.75, 3.05) is 19.9 Å². The molecule has 0 aliphatic heterocycles. The number of carbonyl (C=O) groups excluding carboxylic acids is 1. The smallest absolute Gasteiger partial charge is 0.340 e. The lowest BCUT2D eigenvalue weighted by atomic mass is 10.1. The van der Waals surface area contributed by atoms with Crippen molar-refractivity contribution in [1.29, 1.82) is 0 Å². The van der Waals surface area contributed by atoms with Gasteiger partial charge in [0.1, 0.15) is 5.82 Å². The van der Waals surface area contributed by atoms with Crippen molar-refractivity contribution < 1.29 is 22.3 Å². The number of hydrogen-bond donors (Lipinski definition) is 1. The molecule has 0 aliphatic rings. The Balaban J connectivity index is 2.70. The second-order valence-corrected chi connectivity index (χ2v) is 8.09. The Morgan fingerprint density at radius 2 is 2.00 bits per heavy atom. The van der Waals surface area contributed by atoms with Crippen molar-refractivity contribution in [3.8, 4) is 0 Å². The topological polar surface area (TPSA) is 72.5 Å². The lowest BCUT2D eigenvalue weighted by molar-refractivity contribution is 0.0595. The molecular formula is C14H20FNO4S. The third-order valence-corrected chi connectivity index (χ3v) is 5.47. The van der Waals surface area contributed by atoms with E-state index in [2.05, 4.69) is 10.1 Å². The fourth-order valence-electron chi connectivity index (χ4n) is 1.58. The van der Waals surface area contributed by atoms with Crippen molar-refractivity contribution in [2.45, 2.75) is 25.1 Å². The summed E-state index contributed by atoms with van der Waals surface area (Å²) in [4.78, 5) is 11.3. The summed E-state index contributed by atoms with van der Waals surface area (Å²) >= 11 is 0. The summed E-state index contributed by atoms with van der Waals surface area (Å²) < 4.78 is 40.4. The summed E-state index contributed by atoms with van der Waals surface area (Å²) in [6, 6.07) is 4.17. The van der Waals surface area contributed by atoms with E-state index >= 15 is 0 Å². The number of rotatable bonds is 6. The molecule has 0 radical (unpaired) electrons. The second-order valence-electron chi connectivity index (χ2n) is 5.44. The van der Waals surface area contributed by atoms with Crippen LogP contribution in [0.5, 0.6) is 0 Å². The highest BCUT2D eigenvalue weighted by Crippen LogP contribution is 2.15. The number of hydrogen-bond acceptors (Lipinski definition) is 5. The maximum absolute atomic E-state index is 13.7. The molecule has 0 atom stereocenters. The third kappa shape index (κ3) is 4.50. The molecule has 0 heterocycles. The van der Waals surface area contributed by atoms with Gasteiger partial charge in [-0.1, -0.05) is 6.07 Å². The molecule has 5 nitrogen and oxygen atoms in total. The summed E-state index contributed by atoms with van der Waals surface area (Å²) in [5.41, 5.74) is 0.488. The summed E-state index contributed by atoms with van der Waals surface area (Å²) in [6.45, 7) is 3.79. The Morgan fingerprint density at radius 1 is 1.38 bits per heavy atom. The van der Waals surface area contributed by atoms with Crippen LogP contribution in [-0.4, -0.2) is 39.0 Å². The summed E-state index contributed by atoms with van der Waals surface area (Å²) in [5, 5.41) is 2.98. The van der Waals surface area contributed by atoms with Gasteiger partial charge in [-0.2, -0.15) is 0 Å². The molecule has 0 fully saturated rings. The summed E-state index contributed by atoms with van der Waals surface area (Å²) in [5.74, 6) is -1.39. The van der Waals surface area contributed by atoms with Crippen molar-refractivity contribution in [1.82, 2.24) is 5.32 Å². The number of nitrogens with one attached hydrogen (secondary N) is 1. The van der Waals surface area contributed by atoms with Gasteiger partial charge in [-0.15, -0.1) is 0 Å². The fourth-order valence-corrected chi connectivity index (χ4v) is 1.95. The number of halogens is 1. The maximum atomic E-state index is 13.7. The summed E-state index contributed by atoms with van der Waals surface area (Å²) in [6.07, 6.45) is 1.18. The van der Waals surface area contributed by atoms with Crippen LogP contribution < -0.4 is 5.32 Å². The number of esters is 1. The predicted molar refractivity (Wildman–Crippen MR) is 78.4 cm³/mol. The lowest BCUT2D eigenvalue weighted by Crippen LogP contribution is -2.41. The molecule has 0 aromatic heterocycles. The molecule has 7 heteroatoms. The van der Waals surface area contributed by atoms with Gasteiger partial charge in [0.15, 0.2) is 9.84 Å². The van der Waals surface area contributed by atoms with Gasteiger partial charge >= 0.3 is 5.97 Å². The van der Waals surface area contributed by atoms with Crippen LogP contribution in [0.1, 0.15) is 29.8 Å². The number of benzene rings is 1. The zero-order valence-corrected chi connectivity index (χ0v) is 13.4. The average molecular weight is 317 g/mol. The van der Waals surface area contributed by atoms with Crippen molar-refractivity contribution in [3.63, 3.8) is 0 Å². The van der Waals surface area contributed by atoms with Crippen LogP contribution in [0.3, 0.4) is 0 Å². The van der Waals surface area contributed by atoms with Crippen molar-refractivity contribution >= 4 is 15.8 Å². The van der Waals surface area contributed by atoms with Gasteiger partial charge in [-0.3, -0.25) is 0 Å². The standard InChI is InChI=1S/C14H20FNO4S/c1-14(2,21(4,18)19)9-16-8-10-5-6-11(12(15)7-10)13(17)20-3/h5-7,16H,8-9H2,1-4H3. The zero-order valence-electron chi connectivity index (χ0n) is 12.6. The molecule has 1 rings (SSSR count). The van der Waals surface area contributed by atoms with E-state index < -0.39 is 26.4 Å². The highest BCUT2D eigenvalue weighted by atomic mass is 32.2. The van der Waals surface area contributed by atoms with Crippen LogP contribution in [0, 0.1) is 5.82 Å². The van der Waals surface area contributed by atoms with E-state index in [0.29, 0.717) is 12.1 Å². The lowest BCUT2D eigenvalue weighted by Gasteiger charge is -2.22. The van der Waals surface area contributed by atoms with Crippen LogP contribution in [0.2, 0.25) is 0 Å². The van der Waals surface area contributed by atoms with Gasteiger partial charge in [-0.25, -0.2) is 17.6 Å². The SMILES string of the molecule is COC(=O)c1ccc(CNCC(C)(C)S(C)(=O)=O)cc1F. The molecular weight excluding hydrogens is 297 g/mol. The first-order valence-electron chi connectivity index (χ1n) is 6.35. The largest absolute Gasteiger partial charge is 0.465 e. The molecule has 0 amide bonds. The average Bonchev–Trinajstić information content (AvgIpc) is 2.36. The molecule has 0 bridgehead atoms. The van der Waals surface area contributed by atoms with Crippen LogP contribution in [0.15, 0.2) is 18.2 Å². The van der Waals surface area contributed by atoms with Gasteiger partial charge in [0.2, 0.25) is 0 Å². The molecule has 0 unspecified atom stereocenters. The Labute approximate surface area is 124 Å². The van der Waals surface area contributed by atoms with Crippen molar-refractivity contribution in [2.24, 2.45) is 0 Å². The number of sulfone groups is 1. The Hall–Kier alpha value is -1.47. The molecule has 1 aromatic carbocycles. The Morgan fingerprint density at radius 3 is 2.48 bits per heavy atom. The van der Waals surface area contributed by atoms with E-state index in [9.17, 15) is 17.6 Å². The zero-order chi connectivity index (χ0) is 16.3. The number of methoxy groups -OCH3 is 1. The van der Waals surface area contributed by atoms with E-state index in [1.807, 2.05) is 0 Å². The highest BCUT2D eigenvalue weighted by Gasteiger charge is 2.29. The van der Waals surface area contributed by atoms with Gasteiger partial charge in [0.05, 0.1) is 17.4 Å². The molecule has 0 aliphatic carbocycles. The minimum absolute atomic E-state index is 0.127. The van der Waals surface area contributed by atoms with Gasteiger partial charge in [0.25, 0.3) is 0 Å². The molecule has 0 saturated heterocycles. The van der Waals surface area contributed by atoms with Gasteiger partial charge < -0.3 is 10.1 Å². The molecule has 118 valence electrons. The van der Waals surface area contributed by atoms with E-state index in [1.165, 1.54) is 25.5 Å². The fraction of sp³-hybridized carbons (Fsp3) is 0.500. The van der Waals surface area contributed by atoms with E-state index in [0.717, 1.165) is 0 Å². The first-order valence-corrected chi connectivity index (χ1v) is 8.24. The first kappa shape index (κ1) is 17.6. The van der Waals surface area contributed by atoms with Gasteiger partial charge in [-0.05, 0) is 31.5 Å². The maximum Gasteiger partial charge on any atom is 0.340 e. The Bertz CT molecular complexity index is 626. The minimum Gasteiger partial charge on any atom is -0.465 e. The number of carbonyl (C=O) groups is 1. The molecule has 1 N–H and O–H groups in total. The summed E-state index contributed by atoms with van der Waals surface area (Å²) in [7, 11) is -2.00. The molecule has 0 saturated carbocycles. The van der Waals surface area contributed by atoms with E-state index in [1.54, 1.807) is 19.9 Å². The van der Waals surface area contributed by atoms with Crippen LogP contribution in [0.25, 0.3) is 0 Å². The van der Waals surface area contributed by atoms with Crippen molar-refractivity contribution in [3.05, 3.63) is 35.1 Å². The van der Waals surface area contributed by atoms with Crippen LogP contribution in [0.4, 0.5) is 4.39 Å². The van der Waals surface area contributed by atoms with E-state index in [-0.39, 0.29) is 12.1 Å². The molecule has 0 spiro atoms. The highest BCUT2D eigenvalue weighted by molar-refractivity contribution is 7.92. The quantitative estimate of drug-likeness (QED) is 0.806. The molecule has 1 aromatic rings. The molecule has 21 heavy (non-hydrogen) atoms. The Kier molecular flexibility index (Phi) is 5.47. The second kappa shape index (κ2) is 6.53. The van der Waals surface area contributed by atoms with Gasteiger partial charge in [0, 0.05) is 19.3 Å². The van der Waals surface area contributed by atoms with Crippen LogP contribution >= 0.6 is 0 Å². The first-order chi connectivity index (χ1) is 9.58. The number of ether oxygens (including phenoxy) is 1. The predicted octanol–water partition coefficient (Wildman–Crippen LogP) is 1.53. The minimum atomic E-state index is -3.18. The normalized spacial score (nSPS) is 12.2. The van der Waals surface area contributed by atoms with Crippen LogP contribution in [-0.2, 0) is 21.1 Å².